The Morgan fingerprint density at radius 2 is 1.56 bits per heavy atom. The average Bonchev–Trinajstić information content (AvgIpc) is 2.14. The maximum atomic E-state index is 10.1. The third-order valence-electron chi connectivity index (χ3n) is 1.54. The number of carboxylic acid groups (broad SMARTS) is 2. The van der Waals surface area contributed by atoms with Crippen LogP contribution in [0.3, 0.4) is 0 Å². The van der Waals surface area contributed by atoms with Crippen LogP contribution < -0.4 is 11.5 Å². The van der Waals surface area contributed by atoms with Crippen LogP contribution in [0, 0.1) is 0 Å². The Balaban J connectivity index is 0. The normalized spacial score (nSPS) is 14.4. The maximum absolute atomic E-state index is 10.1. The van der Waals surface area contributed by atoms with Gasteiger partial charge in [-0.2, -0.15) is 0 Å². The van der Waals surface area contributed by atoms with E-state index in [2.05, 4.69) is 0 Å². The van der Waals surface area contributed by atoms with Crippen molar-refractivity contribution in [1.82, 2.24) is 0 Å². The molecule has 0 rings (SSSR count). The molecule has 1 unspecified atom stereocenters. The smallest absolute Gasteiger partial charge is 0.323 e. The van der Waals surface area contributed by atoms with E-state index in [4.69, 9.17) is 31.9 Å². The molecule has 0 amide bonds. The second-order valence-electron chi connectivity index (χ2n) is 3.60. The second kappa shape index (κ2) is 7.12. The van der Waals surface area contributed by atoms with E-state index in [9.17, 15) is 9.59 Å². The first-order chi connectivity index (χ1) is 7.03. The van der Waals surface area contributed by atoms with Crippen LogP contribution in [0.2, 0.25) is 0 Å². The molecule has 0 spiro atoms. The predicted octanol–water partition coefficient (Wildman–Crippen LogP) is -2.44. The highest BCUT2D eigenvalue weighted by Gasteiger charge is 2.28. The number of aliphatic carboxylic acids is 2. The molecule has 8 heteroatoms. The number of carbonyl (C=O) groups is 2. The molecule has 0 fully saturated rings. The molecule has 0 aromatic carbocycles. The van der Waals surface area contributed by atoms with Crippen molar-refractivity contribution in [1.29, 1.82) is 0 Å². The maximum Gasteiger partial charge on any atom is 0.323 e. The minimum atomic E-state index is -1.34. The molecular weight excluding hydrogens is 220 g/mol. The molecule has 16 heavy (non-hydrogen) atoms. The van der Waals surface area contributed by atoms with Gasteiger partial charge in [0.15, 0.2) is 0 Å². The van der Waals surface area contributed by atoms with Crippen LogP contribution in [-0.2, 0) is 9.59 Å². The van der Waals surface area contributed by atoms with Crippen molar-refractivity contribution in [3.8, 4) is 0 Å². The van der Waals surface area contributed by atoms with E-state index in [0.717, 1.165) is 0 Å². The molecule has 0 bridgehead atoms. The Kier molecular flexibility index (Phi) is 7.65. The van der Waals surface area contributed by atoms with Crippen LogP contribution in [0.4, 0.5) is 0 Å². The van der Waals surface area contributed by atoms with E-state index < -0.39 is 36.2 Å². The van der Waals surface area contributed by atoms with E-state index in [1.807, 2.05) is 0 Å². The lowest BCUT2D eigenvalue weighted by Gasteiger charge is -2.20. The topological polar surface area (TPSA) is 167 Å². The number of aliphatic hydroxyl groups is 2. The Hall–Kier alpha value is -1.22. The van der Waals surface area contributed by atoms with Crippen LogP contribution >= 0.6 is 0 Å². The van der Waals surface area contributed by atoms with Crippen LogP contribution in [0.25, 0.3) is 0 Å². The average molecular weight is 238 g/mol. The third kappa shape index (κ3) is 8.12. The highest BCUT2D eigenvalue weighted by Crippen LogP contribution is 2.04. The monoisotopic (exact) mass is 238 g/mol. The number of hydrogen-bond acceptors (Lipinski definition) is 6. The predicted molar refractivity (Wildman–Crippen MR) is 54.6 cm³/mol. The van der Waals surface area contributed by atoms with Gasteiger partial charge < -0.3 is 31.9 Å². The van der Waals surface area contributed by atoms with Crippen molar-refractivity contribution in [3.05, 3.63) is 0 Å². The van der Waals surface area contributed by atoms with E-state index in [1.165, 1.54) is 13.8 Å². The van der Waals surface area contributed by atoms with Crippen molar-refractivity contribution >= 4 is 11.9 Å². The molecule has 0 heterocycles. The summed E-state index contributed by atoms with van der Waals surface area (Å²) in [6.07, 6.45) is 0. The Morgan fingerprint density at radius 3 is 1.56 bits per heavy atom. The summed E-state index contributed by atoms with van der Waals surface area (Å²) in [5.74, 6) is -2.37. The lowest BCUT2D eigenvalue weighted by atomic mass is 10.0. The lowest BCUT2D eigenvalue weighted by Crippen LogP contribution is -2.48. The largest absolute Gasteiger partial charge is 0.480 e. The van der Waals surface area contributed by atoms with Gasteiger partial charge >= 0.3 is 11.9 Å². The fourth-order valence-electron chi connectivity index (χ4n) is 0.380. The first kappa shape index (κ1) is 17.2. The highest BCUT2D eigenvalue weighted by atomic mass is 16.4. The van der Waals surface area contributed by atoms with Crippen LogP contribution in [0.1, 0.15) is 13.8 Å². The van der Waals surface area contributed by atoms with Gasteiger partial charge in [0.05, 0.1) is 12.2 Å². The minimum absolute atomic E-state index is 0.505. The van der Waals surface area contributed by atoms with Crippen LogP contribution in [-0.4, -0.2) is 56.7 Å². The van der Waals surface area contributed by atoms with Gasteiger partial charge in [-0.3, -0.25) is 9.59 Å². The fourth-order valence-corrected chi connectivity index (χ4v) is 0.380. The summed E-state index contributed by atoms with van der Waals surface area (Å²) >= 11 is 0. The van der Waals surface area contributed by atoms with Gasteiger partial charge in [-0.15, -0.1) is 0 Å². The van der Waals surface area contributed by atoms with E-state index in [1.54, 1.807) is 0 Å². The van der Waals surface area contributed by atoms with Gasteiger partial charge in [-0.1, -0.05) is 0 Å². The Labute approximate surface area is 92.5 Å². The van der Waals surface area contributed by atoms with Gasteiger partial charge in [0.2, 0.25) is 0 Å². The summed E-state index contributed by atoms with van der Waals surface area (Å²) in [6.45, 7) is 2.20. The molecule has 8 N–H and O–H groups in total. The van der Waals surface area contributed by atoms with Gasteiger partial charge in [0, 0.05) is 0 Å². The van der Waals surface area contributed by atoms with Crippen molar-refractivity contribution in [3.63, 3.8) is 0 Å². The van der Waals surface area contributed by atoms with Crippen molar-refractivity contribution in [2.45, 2.75) is 31.5 Å². The fraction of sp³-hybridized carbons (Fsp3) is 0.750. The zero-order valence-electron chi connectivity index (χ0n) is 9.12. The van der Waals surface area contributed by atoms with Crippen LogP contribution in [0.15, 0.2) is 0 Å². The summed E-state index contributed by atoms with van der Waals surface area (Å²) in [5.41, 5.74) is 8.47. The zero-order chi connectivity index (χ0) is 13.5. The first-order valence-corrected chi connectivity index (χ1v) is 4.34. The van der Waals surface area contributed by atoms with Crippen LogP contribution in [0.5, 0.6) is 0 Å². The van der Waals surface area contributed by atoms with Gasteiger partial charge in [0.25, 0.3) is 0 Å². The van der Waals surface area contributed by atoms with Gasteiger partial charge in [0.1, 0.15) is 12.1 Å². The van der Waals surface area contributed by atoms with E-state index in [-0.39, 0.29) is 0 Å². The zero-order valence-corrected chi connectivity index (χ0v) is 9.12. The molecule has 0 aliphatic heterocycles. The number of carboxylic acids is 2. The Morgan fingerprint density at radius 1 is 1.19 bits per heavy atom. The van der Waals surface area contributed by atoms with E-state index in [0.29, 0.717) is 0 Å². The molecule has 0 aromatic heterocycles. The molecule has 0 aromatic rings. The quantitative estimate of drug-likeness (QED) is 0.314. The molecular formula is C8H18N2O6. The minimum Gasteiger partial charge on any atom is -0.480 e. The lowest BCUT2D eigenvalue weighted by molar-refractivity contribution is -0.144. The van der Waals surface area contributed by atoms with Crippen molar-refractivity contribution in [2.75, 3.05) is 6.61 Å². The molecule has 0 saturated heterocycles. The molecule has 0 aliphatic carbocycles. The SMILES string of the molecule is CC(C)(O)C(N)C(=O)O.N[C@@H](CO)C(=O)O. The summed E-state index contributed by atoms with van der Waals surface area (Å²) in [7, 11) is 0. The Bertz CT molecular complexity index is 237. The van der Waals surface area contributed by atoms with Gasteiger partial charge in [-0.25, -0.2) is 0 Å². The number of hydrogen-bond donors (Lipinski definition) is 6. The third-order valence-corrected chi connectivity index (χ3v) is 1.54. The van der Waals surface area contributed by atoms with E-state index >= 15 is 0 Å². The number of nitrogens with two attached hydrogens (primary N) is 2. The molecule has 0 saturated carbocycles. The summed E-state index contributed by atoms with van der Waals surface area (Å²) < 4.78 is 0. The molecule has 2 atom stereocenters. The van der Waals surface area contributed by atoms with Gasteiger partial charge in [-0.05, 0) is 13.8 Å². The standard InChI is InChI=1S/C5H11NO3.C3H7NO3/c1-5(2,9)3(6)4(7)8;4-2(1-5)3(6)7/h3,9H,6H2,1-2H3,(H,7,8);2,5H,1,4H2,(H,6,7)/t;2-/m.0/s1. The molecule has 96 valence electrons. The number of aliphatic hydroxyl groups excluding tert-OH is 1. The van der Waals surface area contributed by atoms with Crippen molar-refractivity contribution in [2.24, 2.45) is 11.5 Å². The first-order valence-electron chi connectivity index (χ1n) is 4.34. The number of rotatable bonds is 4. The second-order valence-corrected chi connectivity index (χ2v) is 3.60. The summed E-state index contributed by atoms with van der Waals surface area (Å²) in [6, 6.07) is -2.34. The summed E-state index contributed by atoms with van der Waals surface area (Å²) in [4.78, 5) is 19.7. The molecule has 8 nitrogen and oxygen atoms in total. The highest BCUT2D eigenvalue weighted by molar-refractivity contribution is 5.74. The molecule has 0 aliphatic rings. The molecule has 0 radical (unpaired) electrons. The van der Waals surface area contributed by atoms with Crippen molar-refractivity contribution < 1.29 is 30.0 Å². The summed E-state index contributed by atoms with van der Waals surface area (Å²) in [5, 5.41) is 33.1.